The van der Waals surface area contributed by atoms with E-state index in [-0.39, 0.29) is 6.16 Å². The maximum atomic E-state index is 10.6. The van der Waals surface area contributed by atoms with Crippen LogP contribution >= 0.6 is 7.37 Å². The van der Waals surface area contributed by atoms with Gasteiger partial charge in [0.2, 0.25) is 7.37 Å². The zero-order valence-electron chi connectivity index (χ0n) is 4.45. The highest BCUT2D eigenvalue weighted by Gasteiger charge is 2.30. The van der Waals surface area contributed by atoms with E-state index in [9.17, 15) is 4.57 Å². The molecule has 1 saturated heterocycles. The van der Waals surface area contributed by atoms with E-state index < -0.39 is 13.5 Å². The average molecular weight is 136 g/mol. The van der Waals surface area contributed by atoms with E-state index in [1.54, 1.807) is 0 Å². The first kappa shape index (κ1) is 6.27. The summed E-state index contributed by atoms with van der Waals surface area (Å²) < 4.78 is 10.6. The second-order valence-corrected chi connectivity index (χ2v) is 4.70. The van der Waals surface area contributed by atoms with Crippen LogP contribution in [-0.2, 0) is 4.57 Å². The summed E-state index contributed by atoms with van der Waals surface area (Å²) in [4.78, 5) is 8.76. The summed E-state index contributed by atoms with van der Waals surface area (Å²) in [6.45, 7) is 0. The molecule has 0 spiro atoms. The molecular formula is C4H9O3P. The van der Waals surface area contributed by atoms with Crippen LogP contribution in [0.2, 0.25) is 0 Å². The molecule has 1 heterocycles. The van der Waals surface area contributed by atoms with Gasteiger partial charge in [0.25, 0.3) is 0 Å². The van der Waals surface area contributed by atoms with Crippen LogP contribution in [0.3, 0.4) is 0 Å². The lowest BCUT2D eigenvalue weighted by Gasteiger charge is -1.97. The van der Waals surface area contributed by atoms with Crippen molar-refractivity contribution in [3.8, 4) is 0 Å². The van der Waals surface area contributed by atoms with Crippen molar-refractivity contribution in [2.45, 2.75) is 12.5 Å². The van der Waals surface area contributed by atoms with Crippen LogP contribution in [0, 0.1) is 0 Å². The van der Waals surface area contributed by atoms with Crippen LogP contribution in [0.25, 0.3) is 0 Å². The second kappa shape index (κ2) is 1.83. The number of aliphatic hydroxyl groups excluding tert-OH is 1. The lowest BCUT2D eigenvalue weighted by atomic mass is 10.3. The minimum absolute atomic E-state index is 0.104. The van der Waals surface area contributed by atoms with Crippen molar-refractivity contribution in [3.63, 3.8) is 0 Å². The summed E-state index contributed by atoms with van der Waals surface area (Å²) in [5.74, 6) is 0. The lowest BCUT2D eigenvalue weighted by molar-refractivity contribution is 0.201. The van der Waals surface area contributed by atoms with Crippen molar-refractivity contribution in [3.05, 3.63) is 0 Å². The van der Waals surface area contributed by atoms with Gasteiger partial charge in [-0.25, -0.2) is 0 Å². The van der Waals surface area contributed by atoms with Gasteiger partial charge < -0.3 is 10.00 Å². The average Bonchev–Trinajstić information content (AvgIpc) is 1.82. The van der Waals surface area contributed by atoms with Crippen molar-refractivity contribution in [1.29, 1.82) is 0 Å². The SMILES string of the molecule is O=P1(O)CCC(O)C1. The maximum Gasteiger partial charge on any atom is 0.203 e. The Morgan fingerprint density at radius 3 is 2.38 bits per heavy atom. The number of hydrogen-bond donors (Lipinski definition) is 2. The van der Waals surface area contributed by atoms with Crippen LogP contribution in [0.15, 0.2) is 0 Å². The van der Waals surface area contributed by atoms with Gasteiger partial charge in [0, 0.05) is 6.16 Å². The molecule has 0 amide bonds. The summed E-state index contributed by atoms with van der Waals surface area (Å²) in [5, 5.41) is 8.73. The topological polar surface area (TPSA) is 57.5 Å². The maximum absolute atomic E-state index is 10.6. The number of rotatable bonds is 0. The molecule has 48 valence electrons. The molecule has 0 bridgehead atoms. The molecule has 1 rings (SSSR count). The summed E-state index contributed by atoms with van der Waals surface area (Å²) >= 11 is 0. The van der Waals surface area contributed by atoms with E-state index in [1.807, 2.05) is 0 Å². The summed E-state index contributed by atoms with van der Waals surface area (Å²) in [5.41, 5.74) is 0. The quantitative estimate of drug-likeness (QED) is 0.461. The highest BCUT2D eigenvalue weighted by molar-refractivity contribution is 7.58. The van der Waals surface area contributed by atoms with E-state index in [1.165, 1.54) is 0 Å². The normalized spacial score (nSPS) is 47.5. The third-order valence-corrected chi connectivity index (χ3v) is 3.26. The fourth-order valence-electron chi connectivity index (χ4n) is 0.863. The van der Waals surface area contributed by atoms with Crippen molar-refractivity contribution in [1.82, 2.24) is 0 Å². The van der Waals surface area contributed by atoms with Gasteiger partial charge in [-0.2, -0.15) is 0 Å². The van der Waals surface area contributed by atoms with Gasteiger partial charge in [0.05, 0.1) is 12.3 Å². The second-order valence-electron chi connectivity index (χ2n) is 2.19. The zero-order valence-corrected chi connectivity index (χ0v) is 5.34. The van der Waals surface area contributed by atoms with Crippen LogP contribution < -0.4 is 0 Å². The molecular weight excluding hydrogens is 127 g/mol. The Hall–Kier alpha value is 0.150. The Labute approximate surface area is 47.8 Å². The molecule has 2 unspecified atom stereocenters. The predicted octanol–water partition coefficient (Wildman–Crippen LogP) is 0.0214. The molecule has 0 saturated carbocycles. The third kappa shape index (κ3) is 1.31. The summed E-state index contributed by atoms with van der Waals surface area (Å²) in [6.07, 6.45) is 0.375. The molecule has 8 heavy (non-hydrogen) atoms. The van der Waals surface area contributed by atoms with Gasteiger partial charge in [-0.3, -0.25) is 4.57 Å². The Morgan fingerprint density at radius 1 is 1.62 bits per heavy atom. The molecule has 1 fully saturated rings. The van der Waals surface area contributed by atoms with Gasteiger partial charge in [-0.15, -0.1) is 0 Å². The molecule has 0 aliphatic carbocycles. The van der Waals surface area contributed by atoms with E-state index in [4.69, 9.17) is 10.00 Å². The molecule has 0 radical (unpaired) electrons. The van der Waals surface area contributed by atoms with Crippen molar-refractivity contribution < 1.29 is 14.6 Å². The van der Waals surface area contributed by atoms with Crippen LogP contribution in [0.4, 0.5) is 0 Å². The van der Waals surface area contributed by atoms with E-state index in [2.05, 4.69) is 0 Å². The van der Waals surface area contributed by atoms with Gasteiger partial charge in [0.1, 0.15) is 0 Å². The Morgan fingerprint density at radius 2 is 2.25 bits per heavy atom. The number of aliphatic hydroxyl groups is 1. The molecule has 3 nitrogen and oxygen atoms in total. The molecule has 0 aromatic carbocycles. The first-order valence-corrected chi connectivity index (χ1v) is 4.62. The summed E-state index contributed by atoms with van der Waals surface area (Å²) in [7, 11) is -2.85. The smallest absolute Gasteiger partial charge is 0.203 e. The van der Waals surface area contributed by atoms with Crippen molar-refractivity contribution in [2.24, 2.45) is 0 Å². The van der Waals surface area contributed by atoms with Gasteiger partial charge in [0.15, 0.2) is 0 Å². The zero-order chi connectivity index (χ0) is 6.20. The van der Waals surface area contributed by atoms with Crippen molar-refractivity contribution in [2.75, 3.05) is 12.3 Å². The molecule has 1 aliphatic rings. The standard InChI is InChI=1S/C4H9O3P/c5-4-1-2-8(6,7)3-4/h4-5H,1-3H2,(H,6,7). The molecule has 2 atom stereocenters. The van der Waals surface area contributed by atoms with Crippen LogP contribution in [0.5, 0.6) is 0 Å². The minimum Gasteiger partial charge on any atom is -0.393 e. The monoisotopic (exact) mass is 136 g/mol. The summed E-state index contributed by atoms with van der Waals surface area (Å²) in [6, 6.07) is 0. The molecule has 2 N–H and O–H groups in total. The predicted molar refractivity (Wildman–Crippen MR) is 30.2 cm³/mol. The molecule has 0 aromatic rings. The van der Waals surface area contributed by atoms with E-state index in [0.29, 0.717) is 12.6 Å². The molecule has 1 aliphatic heterocycles. The van der Waals surface area contributed by atoms with Crippen LogP contribution in [-0.4, -0.2) is 28.4 Å². The highest BCUT2D eigenvalue weighted by atomic mass is 31.2. The third-order valence-electron chi connectivity index (χ3n) is 1.31. The van der Waals surface area contributed by atoms with Gasteiger partial charge >= 0.3 is 0 Å². The number of hydrogen-bond acceptors (Lipinski definition) is 2. The fraction of sp³-hybridized carbons (Fsp3) is 1.00. The van der Waals surface area contributed by atoms with Crippen molar-refractivity contribution >= 4 is 7.37 Å². The van der Waals surface area contributed by atoms with Crippen LogP contribution in [0.1, 0.15) is 6.42 Å². The highest BCUT2D eigenvalue weighted by Crippen LogP contribution is 2.47. The largest absolute Gasteiger partial charge is 0.393 e. The van der Waals surface area contributed by atoms with E-state index in [0.717, 1.165) is 0 Å². The first-order chi connectivity index (χ1) is 3.60. The Balaban J connectivity index is 2.57. The van der Waals surface area contributed by atoms with E-state index >= 15 is 0 Å². The van der Waals surface area contributed by atoms with Gasteiger partial charge in [-0.05, 0) is 6.42 Å². The minimum atomic E-state index is -2.85. The molecule has 4 heteroatoms. The lowest BCUT2D eigenvalue weighted by Crippen LogP contribution is -2.02. The molecule has 0 aromatic heterocycles. The Kier molecular flexibility index (Phi) is 1.44. The first-order valence-electron chi connectivity index (χ1n) is 2.59. The van der Waals surface area contributed by atoms with Gasteiger partial charge in [-0.1, -0.05) is 0 Å². The fourth-order valence-corrected chi connectivity index (χ4v) is 2.59. The Bertz CT molecular complexity index is 133.